The number of H-pyrrole nitrogens is 1. The Kier molecular flexibility index (Phi) is 2.56. The van der Waals surface area contributed by atoms with Crippen LogP contribution < -0.4 is 0 Å². The molecule has 0 aliphatic carbocycles. The Labute approximate surface area is 108 Å². The summed E-state index contributed by atoms with van der Waals surface area (Å²) in [6, 6.07) is 13.3. The second-order valence-electron chi connectivity index (χ2n) is 4.24. The number of aromatic nitrogens is 1. The van der Waals surface area contributed by atoms with E-state index in [-0.39, 0.29) is 11.5 Å². The lowest BCUT2D eigenvalue weighted by Crippen LogP contribution is -1.98. The van der Waals surface area contributed by atoms with E-state index in [0.29, 0.717) is 16.5 Å². The summed E-state index contributed by atoms with van der Waals surface area (Å²) in [6.07, 6.45) is 0. The van der Waals surface area contributed by atoms with Gasteiger partial charge in [-0.25, -0.2) is 9.18 Å². The molecular formula is C15H10FNO2. The monoisotopic (exact) mass is 255 g/mol. The van der Waals surface area contributed by atoms with Crippen molar-refractivity contribution in [1.29, 1.82) is 0 Å². The number of hydrogen-bond acceptors (Lipinski definition) is 1. The fraction of sp³-hybridized carbons (Fsp3) is 0. The van der Waals surface area contributed by atoms with Crippen molar-refractivity contribution in [2.45, 2.75) is 0 Å². The molecule has 2 aromatic carbocycles. The number of benzene rings is 2. The second kappa shape index (κ2) is 4.24. The molecule has 19 heavy (non-hydrogen) atoms. The van der Waals surface area contributed by atoms with Crippen molar-refractivity contribution in [2.24, 2.45) is 0 Å². The first-order valence-corrected chi connectivity index (χ1v) is 5.77. The lowest BCUT2D eigenvalue weighted by atomic mass is 10.0. The number of halogens is 1. The largest absolute Gasteiger partial charge is 0.477 e. The SMILES string of the molecule is O=C(O)c1[nH]c2ccc(F)cc2c1-c1ccccc1. The number of carbonyl (C=O) groups is 1. The van der Waals surface area contributed by atoms with Gasteiger partial charge >= 0.3 is 5.97 Å². The summed E-state index contributed by atoms with van der Waals surface area (Å²) in [5, 5.41) is 9.85. The molecule has 3 aromatic rings. The molecular weight excluding hydrogens is 245 g/mol. The summed E-state index contributed by atoms with van der Waals surface area (Å²) in [6.45, 7) is 0. The fourth-order valence-electron chi connectivity index (χ4n) is 2.23. The number of fused-ring (bicyclic) bond motifs is 1. The van der Waals surface area contributed by atoms with Crippen LogP contribution in [-0.2, 0) is 0 Å². The predicted octanol–water partition coefficient (Wildman–Crippen LogP) is 3.67. The van der Waals surface area contributed by atoms with Gasteiger partial charge in [0.2, 0.25) is 0 Å². The summed E-state index contributed by atoms with van der Waals surface area (Å²) in [5.41, 5.74) is 1.95. The Morgan fingerprint density at radius 1 is 1.11 bits per heavy atom. The Hall–Kier alpha value is -2.62. The Bertz CT molecular complexity index is 762. The molecule has 3 nitrogen and oxygen atoms in total. The average molecular weight is 255 g/mol. The van der Waals surface area contributed by atoms with E-state index >= 15 is 0 Å². The minimum absolute atomic E-state index is 0.0757. The molecule has 0 atom stereocenters. The number of hydrogen-bond donors (Lipinski definition) is 2. The van der Waals surface area contributed by atoms with Crippen molar-refractivity contribution in [3.8, 4) is 11.1 Å². The van der Waals surface area contributed by atoms with Crippen LogP contribution in [0.25, 0.3) is 22.0 Å². The van der Waals surface area contributed by atoms with Crippen molar-refractivity contribution in [1.82, 2.24) is 4.98 Å². The van der Waals surface area contributed by atoms with Gasteiger partial charge in [0.25, 0.3) is 0 Å². The molecule has 2 N–H and O–H groups in total. The lowest BCUT2D eigenvalue weighted by molar-refractivity contribution is 0.0692. The quantitative estimate of drug-likeness (QED) is 0.734. The molecule has 0 radical (unpaired) electrons. The van der Waals surface area contributed by atoms with E-state index in [1.54, 1.807) is 18.2 Å². The van der Waals surface area contributed by atoms with Gasteiger partial charge in [-0.15, -0.1) is 0 Å². The fourth-order valence-corrected chi connectivity index (χ4v) is 2.23. The maximum absolute atomic E-state index is 13.4. The molecule has 0 saturated carbocycles. The van der Waals surface area contributed by atoms with Crippen LogP contribution >= 0.6 is 0 Å². The van der Waals surface area contributed by atoms with Crippen LogP contribution in [0.4, 0.5) is 4.39 Å². The van der Waals surface area contributed by atoms with Crippen molar-refractivity contribution in [3.05, 3.63) is 60.0 Å². The highest BCUT2D eigenvalue weighted by Gasteiger charge is 2.18. The summed E-state index contributed by atoms with van der Waals surface area (Å²) in [5.74, 6) is -1.45. The Morgan fingerprint density at radius 3 is 2.53 bits per heavy atom. The van der Waals surface area contributed by atoms with Gasteiger partial charge in [0.1, 0.15) is 11.5 Å². The van der Waals surface area contributed by atoms with Gasteiger partial charge < -0.3 is 10.1 Å². The first-order valence-electron chi connectivity index (χ1n) is 5.77. The molecule has 1 aromatic heterocycles. The summed E-state index contributed by atoms with van der Waals surface area (Å²) >= 11 is 0. The van der Waals surface area contributed by atoms with Gasteiger partial charge in [-0.2, -0.15) is 0 Å². The molecule has 94 valence electrons. The van der Waals surface area contributed by atoms with Gasteiger partial charge in [0.15, 0.2) is 0 Å². The molecule has 0 saturated heterocycles. The highest BCUT2D eigenvalue weighted by atomic mass is 19.1. The minimum Gasteiger partial charge on any atom is -0.477 e. The van der Waals surface area contributed by atoms with E-state index < -0.39 is 5.97 Å². The van der Waals surface area contributed by atoms with Crippen molar-refractivity contribution in [3.63, 3.8) is 0 Å². The van der Waals surface area contributed by atoms with Gasteiger partial charge in [-0.05, 0) is 23.8 Å². The zero-order chi connectivity index (χ0) is 13.4. The first-order chi connectivity index (χ1) is 9.16. The first kappa shape index (κ1) is 11.5. The molecule has 3 rings (SSSR count). The number of aromatic carboxylic acids is 1. The predicted molar refractivity (Wildman–Crippen MR) is 70.7 cm³/mol. The summed E-state index contributed by atoms with van der Waals surface area (Å²) in [4.78, 5) is 14.1. The van der Waals surface area contributed by atoms with Crippen LogP contribution in [0.5, 0.6) is 0 Å². The third-order valence-electron chi connectivity index (χ3n) is 3.04. The highest BCUT2D eigenvalue weighted by molar-refractivity contribution is 6.07. The Morgan fingerprint density at radius 2 is 1.84 bits per heavy atom. The molecule has 0 spiro atoms. The van der Waals surface area contributed by atoms with Gasteiger partial charge in [0.05, 0.1) is 0 Å². The molecule has 0 bridgehead atoms. The third-order valence-corrected chi connectivity index (χ3v) is 3.04. The van der Waals surface area contributed by atoms with Gasteiger partial charge in [-0.3, -0.25) is 0 Å². The van der Waals surface area contributed by atoms with Crippen LogP contribution in [-0.4, -0.2) is 16.1 Å². The third kappa shape index (κ3) is 1.87. The smallest absolute Gasteiger partial charge is 0.352 e. The molecule has 0 aliphatic rings. The number of rotatable bonds is 2. The van der Waals surface area contributed by atoms with E-state index in [2.05, 4.69) is 4.98 Å². The summed E-state index contributed by atoms with van der Waals surface area (Å²) < 4.78 is 13.4. The van der Waals surface area contributed by atoms with E-state index in [9.17, 15) is 14.3 Å². The van der Waals surface area contributed by atoms with Crippen molar-refractivity contribution < 1.29 is 14.3 Å². The number of nitrogens with one attached hydrogen (secondary N) is 1. The molecule has 4 heteroatoms. The minimum atomic E-state index is -1.06. The van der Waals surface area contributed by atoms with E-state index in [1.807, 2.05) is 18.2 Å². The molecule has 0 fully saturated rings. The highest BCUT2D eigenvalue weighted by Crippen LogP contribution is 2.32. The number of carboxylic acid groups (broad SMARTS) is 1. The van der Waals surface area contributed by atoms with E-state index in [4.69, 9.17) is 0 Å². The van der Waals surface area contributed by atoms with Crippen LogP contribution in [0.2, 0.25) is 0 Å². The topological polar surface area (TPSA) is 53.1 Å². The van der Waals surface area contributed by atoms with Crippen LogP contribution in [0, 0.1) is 5.82 Å². The zero-order valence-corrected chi connectivity index (χ0v) is 9.85. The van der Waals surface area contributed by atoms with Gasteiger partial charge in [-0.1, -0.05) is 30.3 Å². The number of aromatic amines is 1. The van der Waals surface area contributed by atoms with Crippen LogP contribution in [0.3, 0.4) is 0 Å². The maximum Gasteiger partial charge on any atom is 0.352 e. The van der Waals surface area contributed by atoms with Crippen LogP contribution in [0.1, 0.15) is 10.5 Å². The summed E-state index contributed by atoms with van der Waals surface area (Å²) in [7, 11) is 0. The molecule has 0 amide bonds. The van der Waals surface area contributed by atoms with Crippen LogP contribution in [0.15, 0.2) is 48.5 Å². The zero-order valence-electron chi connectivity index (χ0n) is 9.85. The van der Waals surface area contributed by atoms with E-state index in [0.717, 1.165) is 5.56 Å². The molecule has 0 unspecified atom stereocenters. The second-order valence-corrected chi connectivity index (χ2v) is 4.24. The van der Waals surface area contributed by atoms with Gasteiger partial charge in [0, 0.05) is 16.5 Å². The lowest BCUT2D eigenvalue weighted by Gasteiger charge is -2.01. The standard InChI is InChI=1S/C15H10FNO2/c16-10-6-7-12-11(8-10)13(14(17-12)15(18)19)9-4-2-1-3-5-9/h1-8,17H,(H,18,19). The number of carboxylic acids is 1. The van der Waals surface area contributed by atoms with E-state index in [1.165, 1.54) is 12.1 Å². The van der Waals surface area contributed by atoms with Crippen molar-refractivity contribution in [2.75, 3.05) is 0 Å². The van der Waals surface area contributed by atoms with Crippen molar-refractivity contribution >= 4 is 16.9 Å². The Balaban J connectivity index is 2.40. The molecule has 0 aliphatic heterocycles. The molecule has 1 heterocycles. The average Bonchev–Trinajstić information content (AvgIpc) is 2.78. The normalized spacial score (nSPS) is 10.8. The maximum atomic E-state index is 13.4.